The van der Waals surface area contributed by atoms with Crippen molar-refractivity contribution in [2.75, 3.05) is 5.33 Å². The molecular weight excluding hydrogens is 179 g/mol. The summed E-state index contributed by atoms with van der Waals surface area (Å²) in [5, 5.41) is 2.46. The molecule has 0 aromatic rings. The fraction of sp³-hybridized carbons (Fsp3) is 1.00. The predicted octanol–water partition coefficient (Wildman–Crippen LogP) is 0.433. The van der Waals surface area contributed by atoms with Gasteiger partial charge in [-0.25, -0.2) is 0 Å². The van der Waals surface area contributed by atoms with Crippen LogP contribution in [0.2, 0.25) is 5.21 Å². The van der Waals surface area contributed by atoms with Crippen molar-refractivity contribution < 1.29 is 0 Å². The van der Waals surface area contributed by atoms with E-state index in [0.29, 0.717) is 0 Å². The summed E-state index contributed by atoms with van der Waals surface area (Å²) in [6.07, 6.45) is 0. The van der Waals surface area contributed by atoms with E-state index in [1.54, 1.807) is 16.9 Å². The SMILES string of the molecule is [AsH2]CCBr. The van der Waals surface area contributed by atoms with Gasteiger partial charge in [0.15, 0.2) is 0 Å². The molecule has 0 rings (SSSR count). The van der Waals surface area contributed by atoms with Crippen LogP contribution in [0.25, 0.3) is 0 Å². The average molecular weight is 185 g/mol. The minimum absolute atomic E-state index is 1.16. The van der Waals surface area contributed by atoms with Gasteiger partial charge in [0.05, 0.1) is 0 Å². The third kappa shape index (κ3) is 3.04. The Labute approximate surface area is 43.6 Å². The van der Waals surface area contributed by atoms with E-state index in [0.717, 1.165) is 5.33 Å². The molecule has 2 heteroatoms. The summed E-state index contributed by atoms with van der Waals surface area (Å²) < 4.78 is 0. The average Bonchev–Trinajstić information content (AvgIpc) is 1.37. The van der Waals surface area contributed by atoms with E-state index < -0.39 is 0 Å². The van der Waals surface area contributed by atoms with E-state index >= 15 is 0 Å². The van der Waals surface area contributed by atoms with Crippen LogP contribution in [0.1, 0.15) is 0 Å². The summed E-state index contributed by atoms with van der Waals surface area (Å²) in [6.45, 7) is 0. The van der Waals surface area contributed by atoms with Crippen molar-refractivity contribution in [3.8, 4) is 0 Å². The van der Waals surface area contributed by atoms with Gasteiger partial charge in [-0.3, -0.25) is 0 Å². The maximum atomic E-state index is 3.26. The molecule has 0 N–H and O–H groups in total. The first-order valence-corrected chi connectivity index (χ1v) is 4.01. The Morgan fingerprint density at radius 1 is 1.75 bits per heavy atom. The van der Waals surface area contributed by atoms with Gasteiger partial charge in [0.2, 0.25) is 0 Å². The zero-order valence-corrected chi connectivity index (χ0v) is 6.38. The van der Waals surface area contributed by atoms with Gasteiger partial charge in [0, 0.05) is 0 Å². The molecule has 4 heavy (non-hydrogen) atoms. The molecule has 0 fully saturated rings. The molecule has 0 aliphatic carbocycles. The molecule has 0 saturated carbocycles. The van der Waals surface area contributed by atoms with Gasteiger partial charge in [-0.2, -0.15) is 0 Å². The van der Waals surface area contributed by atoms with Crippen LogP contribution >= 0.6 is 15.9 Å². The van der Waals surface area contributed by atoms with Crippen molar-refractivity contribution in [1.82, 2.24) is 0 Å². The minimum atomic E-state index is 1.16. The molecule has 0 nitrogen and oxygen atoms in total. The zero-order valence-electron chi connectivity index (χ0n) is 2.37. The Hall–Kier alpha value is 1.04. The van der Waals surface area contributed by atoms with Gasteiger partial charge >= 0.3 is 43.3 Å². The quantitative estimate of drug-likeness (QED) is 0.410. The molecule has 0 amide bonds. The number of alkyl halides is 1. The van der Waals surface area contributed by atoms with E-state index in [1.807, 2.05) is 0 Å². The summed E-state index contributed by atoms with van der Waals surface area (Å²) >= 11 is 5.04. The predicted molar refractivity (Wildman–Crippen MR) is 27.1 cm³/mol. The second-order valence-corrected chi connectivity index (χ2v) is 2.48. The number of hydrogen-bond acceptors (Lipinski definition) is 0. The summed E-state index contributed by atoms with van der Waals surface area (Å²) in [5.74, 6) is 0. The van der Waals surface area contributed by atoms with Gasteiger partial charge in [-0.1, -0.05) is 0 Å². The molecule has 0 aromatic heterocycles. The number of rotatable bonds is 1. The van der Waals surface area contributed by atoms with Crippen LogP contribution in [-0.4, -0.2) is 22.2 Å². The molecule has 0 heterocycles. The Kier molecular flexibility index (Phi) is 5.09. The monoisotopic (exact) mass is 184 g/mol. The van der Waals surface area contributed by atoms with Crippen molar-refractivity contribution in [2.24, 2.45) is 0 Å². The molecular formula is C2H6AsBr. The van der Waals surface area contributed by atoms with Crippen LogP contribution in [-0.2, 0) is 0 Å². The Morgan fingerprint density at radius 3 is 2.00 bits per heavy atom. The van der Waals surface area contributed by atoms with Crippen molar-refractivity contribution >= 4 is 32.8 Å². The fourth-order valence-corrected chi connectivity index (χ4v) is 0. The summed E-state index contributed by atoms with van der Waals surface area (Å²) in [5.41, 5.74) is 0. The molecule has 26 valence electrons. The third-order valence-corrected chi connectivity index (χ3v) is 2.95. The number of hydrogen-bond donors (Lipinski definition) is 0. The van der Waals surface area contributed by atoms with E-state index in [2.05, 4.69) is 15.9 Å². The van der Waals surface area contributed by atoms with E-state index in [1.165, 1.54) is 5.21 Å². The molecule has 1 unspecified atom stereocenters. The van der Waals surface area contributed by atoms with Crippen LogP contribution in [0, 0.1) is 0 Å². The second-order valence-electron chi connectivity index (χ2n) is 0.478. The Bertz CT molecular complexity index is 8.00. The van der Waals surface area contributed by atoms with Crippen LogP contribution < -0.4 is 0 Å². The standard InChI is InChI=1S/C2H6AsBr/c3-1-2-4/h1-3H2. The van der Waals surface area contributed by atoms with E-state index in [-0.39, 0.29) is 0 Å². The second kappa shape index (κ2) is 4.04. The van der Waals surface area contributed by atoms with Crippen LogP contribution in [0.5, 0.6) is 0 Å². The van der Waals surface area contributed by atoms with Gasteiger partial charge < -0.3 is 0 Å². The van der Waals surface area contributed by atoms with Crippen molar-refractivity contribution in [3.63, 3.8) is 0 Å². The molecule has 0 radical (unpaired) electrons. The first-order valence-electron chi connectivity index (χ1n) is 1.18. The van der Waals surface area contributed by atoms with Crippen LogP contribution in [0.15, 0.2) is 0 Å². The zero-order chi connectivity index (χ0) is 3.41. The normalized spacial score (nSPS) is 7.50. The van der Waals surface area contributed by atoms with Gasteiger partial charge in [0.25, 0.3) is 0 Å². The van der Waals surface area contributed by atoms with Crippen molar-refractivity contribution in [3.05, 3.63) is 0 Å². The molecule has 0 aromatic carbocycles. The molecule has 0 aliphatic heterocycles. The summed E-state index contributed by atoms with van der Waals surface area (Å²) in [6, 6.07) is 0. The van der Waals surface area contributed by atoms with E-state index in [4.69, 9.17) is 0 Å². The summed E-state index contributed by atoms with van der Waals surface area (Å²) in [7, 11) is 0. The molecule has 0 aliphatic rings. The van der Waals surface area contributed by atoms with Crippen LogP contribution in [0.4, 0.5) is 0 Å². The van der Waals surface area contributed by atoms with Gasteiger partial charge in [-0.15, -0.1) is 0 Å². The van der Waals surface area contributed by atoms with Crippen molar-refractivity contribution in [2.45, 2.75) is 5.21 Å². The molecule has 0 spiro atoms. The molecule has 0 bridgehead atoms. The van der Waals surface area contributed by atoms with Crippen LogP contribution in [0.3, 0.4) is 0 Å². The molecule has 0 saturated heterocycles. The Balaban J connectivity index is 1.97. The molecule has 1 atom stereocenters. The van der Waals surface area contributed by atoms with Gasteiger partial charge in [0.1, 0.15) is 0 Å². The fourth-order valence-electron chi connectivity index (χ4n) is 0. The Morgan fingerprint density at radius 2 is 2.00 bits per heavy atom. The number of halogens is 1. The van der Waals surface area contributed by atoms with Gasteiger partial charge in [-0.05, 0) is 0 Å². The first-order chi connectivity index (χ1) is 1.91. The van der Waals surface area contributed by atoms with Crippen molar-refractivity contribution in [1.29, 1.82) is 0 Å². The van der Waals surface area contributed by atoms with E-state index in [9.17, 15) is 0 Å². The summed E-state index contributed by atoms with van der Waals surface area (Å²) in [4.78, 5) is 0. The first kappa shape index (κ1) is 5.04. The topological polar surface area (TPSA) is 0 Å². The maximum absolute atomic E-state index is 3.26. The third-order valence-electron chi connectivity index (χ3n) is 0.109.